The summed E-state index contributed by atoms with van der Waals surface area (Å²) in [4.78, 5) is 18.7. The zero-order valence-electron chi connectivity index (χ0n) is 10.8. The van der Waals surface area contributed by atoms with Crippen molar-refractivity contribution in [3.63, 3.8) is 0 Å². The number of pyridine rings is 1. The number of aryl methyl sites for hydroxylation is 1. The Morgan fingerprint density at radius 3 is 3.05 bits per heavy atom. The largest absolute Gasteiger partial charge is 0.329 e. The number of aromatic amines is 1. The molecule has 1 saturated heterocycles. The fourth-order valence-electron chi connectivity index (χ4n) is 2.59. The first-order chi connectivity index (χ1) is 9.25. The molecule has 0 saturated carbocycles. The fourth-order valence-corrected chi connectivity index (χ4v) is 2.59. The number of nitrogens with one attached hydrogen (secondary N) is 1. The molecule has 0 aliphatic carbocycles. The molecular formula is C14H16N4O. The van der Waals surface area contributed by atoms with E-state index in [1.165, 1.54) is 0 Å². The van der Waals surface area contributed by atoms with E-state index in [1.807, 2.05) is 30.0 Å². The third-order valence-corrected chi connectivity index (χ3v) is 3.50. The molecule has 0 bridgehead atoms. The molecule has 1 fully saturated rings. The molecule has 5 nitrogen and oxygen atoms in total. The third-order valence-electron chi connectivity index (χ3n) is 3.50. The van der Waals surface area contributed by atoms with E-state index in [0.29, 0.717) is 5.69 Å². The van der Waals surface area contributed by atoms with Gasteiger partial charge in [0.15, 0.2) is 0 Å². The number of hydrogen-bond donors (Lipinski definition) is 1. The van der Waals surface area contributed by atoms with Crippen LogP contribution < -0.4 is 0 Å². The van der Waals surface area contributed by atoms with E-state index in [9.17, 15) is 4.79 Å². The highest BCUT2D eigenvalue weighted by atomic mass is 16.2. The van der Waals surface area contributed by atoms with Gasteiger partial charge in [0.1, 0.15) is 5.69 Å². The van der Waals surface area contributed by atoms with Crippen LogP contribution in [0.1, 0.15) is 40.8 Å². The van der Waals surface area contributed by atoms with Gasteiger partial charge in [-0.05, 0) is 38.0 Å². The highest BCUT2D eigenvalue weighted by Gasteiger charge is 2.31. The van der Waals surface area contributed by atoms with Crippen molar-refractivity contribution in [1.29, 1.82) is 0 Å². The number of carbonyl (C=O) groups is 1. The van der Waals surface area contributed by atoms with Gasteiger partial charge in [-0.15, -0.1) is 0 Å². The average Bonchev–Trinajstić information content (AvgIpc) is 3.08. The van der Waals surface area contributed by atoms with Crippen LogP contribution in [0.15, 0.2) is 30.5 Å². The van der Waals surface area contributed by atoms with Crippen LogP contribution in [0.3, 0.4) is 0 Å². The van der Waals surface area contributed by atoms with E-state index >= 15 is 0 Å². The predicted octanol–water partition coefficient (Wildman–Crippen LogP) is 2.09. The Hall–Kier alpha value is -2.17. The van der Waals surface area contributed by atoms with Gasteiger partial charge >= 0.3 is 0 Å². The molecule has 0 radical (unpaired) electrons. The van der Waals surface area contributed by atoms with Gasteiger partial charge in [0.2, 0.25) is 0 Å². The molecule has 1 amide bonds. The molecule has 2 aromatic rings. The lowest BCUT2D eigenvalue weighted by Crippen LogP contribution is -2.31. The van der Waals surface area contributed by atoms with Crippen LogP contribution in [0.25, 0.3) is 0 Å². The first-order valence-corrected chi connectivity index (χ1v) is 6.49. The Labute approximate surface area is 111 Å². The molecule has 2 aromatic heterocycles. The number of nitrogens with zero attached hydrogens (tertiary/aromatic N) is 3. The number of amides is 1. The standard InChI is InChI=1S/C14H16N4O/c1-10-4-2-5-12(16-10)14(19)18-9-3-6-13(18)11-7-8-15-17-11/h2,4-5,7-8,13H,3,6,9H2,1H3,(H,15,17). The summed E-state index contributed by atoms with van der Waals surface area (Å²) in [5.74, 6) is 0.000741. The molecule has 98 valence electrons. The first kappa shape index (κ1) is 11.9. The number of carbonyl (C=O) groups excluding carboxylic acids is 1. The Morgan fingerprint density at radius 1 is 1.42 bits per heavy atom. The summed E-state index contributed by atoms with van der Waals surface area (Å²) < 4.78 is 0. The van der Waals surface area contributed by atoms with E-state index in [2.05, 4.69) is 15.2 Å². The monoisotopic (exact) mass is 256 g/mol. The summed E-state index contributed by atoms with van der Waals surface area (Å²) >= 11 is 0. The SMILES string of the molecule is Cc1cccc(C(=O)N2CCCC2c2ccn[nH]2)n1. The molecule has 1 atom stereocenters. The number of aromatic nitrogens is 3. The minimum atomic E-state index is 0.000741. The summed E-state index contributed by atoms with van der Waals surface area (Å²) in [7, 11) is 0. The van der Waals surface area contributed by atoms with Gasteiger partial charge < -0.3 is 4.90 Å². The molecule has 19 heavy (non-hydrogen) atoms. The lowest BCUT2D eigenvalue weighted by Gasteiger charge is -2.23. The predicted molar refractivity (Wildman–Crippen MR) is 70.6 cm³/mol. The Balaban J connectivity index is 1.87. The lowest BCUT2D eigenvalue weighted by molar-refractivity contribution is 0.0726. The Bertz CT molecular complexity index is 579. The molecule has 1 aliphatic rings. The second-order valence-corrected chi connectivity index (χ2v) is 4.83. The van der Waals surface area contributed by atoms with Gasteiger partial charge in [-0.25, -0.2) is 4.98 Å². The maximum Gasteiger partial charge on any atom is 0.273 e. The zero-order chi connectivity index (χ0) is 13.2. The van der Waals surface area contributed by atoms with Crippen LogP contribution in [-0.4, -0.2) is 32.5 Å². The zero-order valence-corrected chi connectivity index (χ0v) is 10.8. The normalized spacial score (nSPS) is 18.8. The van der Waals surface area contributed by atoms with Crippen LogP contribution in [0.2, 0.25) is 0 Å². The Kier molecular flexibility index (Phi) is 3.03. The van der Waals surface area contributed by atoms with Crippen LogP contribution in [-0.2, 0) is 0 Å². The molecule has 3 heterocycles. The molecule has 1 aliphatic heterocycles. The minimum absolute atomic E-state index is 0.000741. The molecular weight excluding hydrogens is 240 g/mol. The highest BCUT2D eigenvalue weighted by Crippen LogP contribution is 2.31. The van der Waals surface area contributed by atoms with Crippen molar-refractivity contribution in [2.75, 3.05) is 6.54 Å². The smallest absolute Gasteiger partial charge is 0.273 e. The summed E-state index contributed by atoms with van der Waals surface area (Å²) in [6.07, 6.45) is 3.71. The minimum Gasteiger partial charge on any atom is -0.329 e. The average molecular weight is 256 g/mol. The van der Waals surface area contributed by atoms with E-state index in [1.54, 1.807) is 12.3 Å². The fraction of sp³-hybridized carbons (Fsp3) is 0.357. The van der Waals surface area contributed by atoms with E-state index < -0.39 is 0 Å². The second kappa shape index (κ2) is 4.84. The maximum absolute atomic E-state index is 12.5. The maximum atomic E-state index is 12.5. The van der Waals surface area contributed by atoms with Crippen molar-refractivity contribution in [2.24, 2.45) is 0 Å². The van der Waals surface area contributed by atoms with Crippen molar-refractivity contribution >= 4 is 5.91 Å². The highest BCUT2D eigenvalue weighted by molar-refractivity contribution is 5.92. The second-order valence-electron chi connectivity index (χ2n) is 4.83. The van der Waals surface area contributed by atoms with Gasteiger partial charge in [-0.3, -0.25) is 9.89 Å². The summed E-state index contributed by atoms with van der Waals surface area (Å²) in [6.45, 7) is 2.67. The topological polar surface area (TPSA) is 61.9 Å². The van der Waals surface area contributed by atoms with Crippen LogP contribution in [0, 0.1) is 6.92 Å². The molecule has 0 spiro atoms. The van der Waals surface area contributed by atoms with Crippen LogP contribution >= 0.6 is 0 Å². The molecule has 5 heteroatoms. The van der Waals surface area contributed by atoms with Gasteiger partial charge in [0.05, 0.1) is 11.7 Å². The van der Waals surface area contributed by atoms with E-state index in [0.717, 1.165) is 30.8 Å². The van der Waals surface area contributed by atoms with Crippen molar-refractivity contribution in [3.05, 3.63) is 47.5 Å². The number of likely N-dealkylation sites (tertiary alicyclic amines) is 1. The summed E-state index contributed by atoms with van der Waals surface area (Å²) in [5.41, 5.74) is 2.38. The Morgan fingerprint density at radius 2 is 2.32 bits per heavy atom. The van der Waals surface area contributed by atoms with Crippen LogP contribution in [0.4, 0.5) is 0 Å². The van der Waals surface area contributed by atoms with Gasteiger partial charge in [-0.1, -0.05) is 6.07 Å². The first-order valence-electron chi connectivity index (χ1n) is 6.49. The number of rotatable bonds is 2. The molecule has 3 rings (SSSR count). The van der Waals surface area contributed by atoms with Gasteiger partial charge in [-0.2, -0.15) is 5.10 Å². The third kappa shape index (κ3) is 2.23. The summed E-state index contributed by atoms with van der Waals surface area (Å²) in [6, 6.07) is 7.57. The van der Waals surface area contributed by atoms with Crippen molar-refractivity contribution in [1.82, 2.24) is 20.1 Å². The number of hydrogen-bond acceptors (Lipinski definition) is 3. The van der Waals surface area contributed by atoms with Crippen molar-refractivity contribution in [3.8, 4) is 0 Å². The molecule has 0 aromatic carbocycles. The van der Waals surface area contributed by atoms with E-state index in [4.69, 9.17) is 0 Å². The van der Waals surface area contributed by atoms with Crippen LogP contribution in [0.5, 0.6) is 0 Å². The quantitative estimate of drug-likeness (QED) is 0.895. The van der Waals surface area contributed by atoms with Crippen molar-refractivity contribution < 1.29 is 4.79 Å². The van der Waals surface area contributed by atoms with Gasteiger partial charge in [0, 0.05) is 18.4 Å². The van der Waals surface area contributed by atoms with Crippen molar-refractivity contribution in [2.45, 2.75) is 25.8 Å². The van der Waals surface area contributed by atoms with E-state index in [-0.39, 0.29) is 11.9 Å². The molecule has 1 N–H and O–H groups in total. The lowest BCUT2D eigenvalue weighted by atomic mass is 10.1. The number of H-pyrrole nitrogens is 1. The molecule has 1 unspecified atom stereocenters. The van der Waals surface area contributed by atoms with Gasteiger partial charge in [0.25, 0.3) is 5.91 Å². The summed E-state index contributed by atoms with van der Waals surface area (Å²) in [5, 5.41) is 6.93.